The van der Waals surface area contributed by atoms with Gasteiger partial charge in [0.25, 0.3) is 0 Å². The molecule has 114 valence electrons. The lowest BCUT2D eigenvalue weighted by molar-refractivity contribution is 1.14. The van der Waals surface area contributed by atoms with Crippen LogP contribution in [-0.4, -0.2) is 7.05 Å². The van der Waals surface area contributed by atoms with E-state index in [-0.39, 0.29) is 0 Å². The summed E-state index contributed by atoms with van der Waals surface area (Å²) in [4.78, 5) is 2.04. The molecule has 0 atom stereocenters. The van der Waals surface area contributed by atoms with Gasteiger partial charge in [-0.1, -0.05) is 49.1 Å². The molecule has 0 radical (unpaired) electrons. The van der Waals surface area contributed by atoms with Crippen molar-refractivity contribution in [3.05, 3.63) is 95.9 Å². The molecule has 1 heteroatoms. The highest BCUT2D eigenvalue weighted by atomic mass is 15.1. The molecule has 0 amide bonds. The van der Waals surface area contributed by atoms with Crippen molar-refractivity contribution in [1.82, 2.24) is 0 Å². The van der Waals surface area contributed by atoms with Crippen LogP contribution in [0.3, 0.4) is 0 Å². The molecule has 0 heterocycles. The molecule has 0 aromatic heterocycles. The Bertz CT molecular complexity index is 646. The predicted octanol–water partition coefficient (Wildman–Crippen LogP) is 5.82. The van der Waals surface area contributed by atoms with Crippen LogP contribution in [0.2, 0.25) is 0 Å². The molecular formula is C21H25N. The smallest absolute Gasteiger partial charge is 0.0407 e. The van der Waals surface area contributed by atoms with Gasteiger partial charge in [-0.15, -0.1) is 5.73 Å². The second kappa shape index (κ2) is 8.71. The minimum Gasteiger partial charge on any atom is -0.345 e. The third-order valence-electron chi connectivity index (χ3n) is 3.25. The van der Waals surface area contributed by atoms with Crippen molar-refractivity contribution < 1.29 is 0 Å². The van der Waals surface area contributed by atoms with Crippen LogP contribution >= 0.6 is 0 Å². The van der Waals surface area contributed by atoms with E-state index in [1.165, 1.54) is 5.57 Å². The Balaban J connectivity index is 2.75. The highest BCUT2D eigenvalue weighted by molar-refractivity contribution is 5.53. The molecule has 1 nitrogen and oxygen atoms in total. The first-order valence-electron chi connectivity index (χ1n) is 7.33. The van der Waals surface area contributed by atoms with Gasteiger partial charge in [-0.3, -0.25) is 0 Å². The van der Waals surface area contributed by atoms with E-state index in [1.807, 2.05) is 61.4 Å². The van der Waals surface area contributed by atoms with Gasteiger partial charge in [0.15, 0.2) is 0 Å². The standard InChI is InChI=1S/C21H25N/c1-17(2)11-10-12-18(3)19(4)15-16-20(5)22(6)21-13-8-7-9-14-21/h7-11,13-16H,4-5H2,1-3,6H3/b16-15-. The molecule has 0 unspecified atom stereocenters. The Morgan fingerprint density at radius 1 is 1.05 bits per heavy atom. The zero-order chi connectivity index (χ0) is 16.5. The van der Waals surface area contributed by atoms with Gasteiger partial charge in [-0.2, -0.15) is 0 Å². The number of para-hydroxylation sites is 1. The summed E-state index contributed by atoms with van der Waals surface area (Å²) in [6.07, 6.45) is 7.90. The maximum absolute atomic E-state index is 4.10. The summed E-state index contributed by atoms with van der Waals surface area (Å²) in [6, 6.07) is 10.2. The summed E-state index contributed by atoms with van der Waals surface area (Å²) in [5, 5.41) is 0. The van der Waals surface area contributed by atoms with Crippen molar-refractivity contribution in [3.8, 4) is 0 Å². The first kappa shape index (κ1) is 17.6. The number of nitrogens with zero attached hydrogens (tertiary/aromatic N) is 1. The largest absolute Gasteiger partial charge is 0.345 e. The van der Waals surface area contributed by atoms with Gasteiger partial charge in [-0.25, -0.2) is 0 Å². The molecule has 1 aromatic carbocycles. The normalized spacial score (nSPS) is 9.82. The highest BCUT2D eigenvalue weighted by Gasteiger charge is 2.01. The zero-order valence-electron chi connectivity index (χ0n) is 14.1. The lowest BCUT2D eigenvalue weighted by Gasteiger charge is -2.19. The fourth-order valence-corrected chi connectivity index (χ4v) is 1.68. The Morgan fingerprint density at radius 3 is 2.27 bits per heavy atom. The molecule has 1 aromatic rings. The van der Waals surface area contributed by atoms with Crippen LogP contribution < -0.4 is 4.90 Å². The van der Waals surface area contributed by atoms with Crippen molar-refractivity contribution >= 4 is 5.69 Å². The summed E-state index contributed by atoms with van der Waals surface area (Å²) < 4.78 is 0. The van der Waals surface area contributed by atoms with Crippen molar-refractivity contribution in [2.75, 3.05) is 11.9 Å². The predicted molar refractivity (Wildman–Crippen MR) is 99.0 cm³/mol. The quantitative estimate of drug-likeness (QED) is 0.472. The van der Waals surface area contributed by atoms with Crippen LogP contribution in [0.5, 0.6) is 0 Å². The summed E-state index contributed by atoms with van der Waals surface area (Å²) >= 11 is 0. The number of hydrogen-bond acceptors (Lipinski definition) is 1. The second-order valence-electron chi connectivity index (χ2n) is 5.42. The number of allylic oxidation sites excluding steroid dienone is 6. The molecule has 0 spiro atoms. The van der Waals surface area contributed by atoms with Crippen LogP contribution in [0, 0.1) is 0 Å². The molecule has 22 heavy (non-hydrogen) atoms. The SMILES string of the molecule is C=C(/C=C\C(=C)N(C)c1ccccc1)C(C)=C=CC=C(C)C. The van der Waals surface area contributed by atoms with E-state index >= 15 is 0 Å². The fraction of sp³-hybridized carbons (Fsp3) is 0.190. The van der Waals surface area contributed by atoms with Crippen LogP contribution in [0.15, 0.2) is 95.9 Å². The van der Waals surface area contributed by atoms with E-state index in [2.05, 4.69) is 44.9 Å². The Hall–Kier alpha value is -2.50. The Labute approximate surface area is 135 Å². The van der Waals surface area contributed by atoms with Gasteiger partial charge in [0.2, 0.25) is 0 Å². The second-order valence-corrected chi connectivity index (χ2v) is 5.42. The van der Waals surface area contributed by atoms with Gasteiger partial charge in [0.05, 0.1) is 0 Å². The molecule has 0 aliphatic rings. The van der Waals surface area contributed by atoms with E-state index in [1.54, 1.807) is 0 Å². The Kier molecular flexibility index (Phi) is 6.95. The molecule has 0 fully saturated rings. The van der Waals surface area contributed by atoms with Crippen LogP contribution in [-0.2, 0) is 0 Å². The maximum Gasteiger partial charge on any atom is 0.0407 e. The van der Waals surface area contributed by atoms with Crippen molar-refractivity contribution in [2.45, 2.75) is 20.8 Å². The number of anilines is 1. The summed E-state index contributed by atoms with van der Waals surface area (Å²) in [6.45, 7) is 14.3. The number of rotatable bonds is 6. The lowest BCUT2D eigenvalue weighted by atomic mass is 10.1. The number of benzene rings is 1. The first-order chi connectivity index (χ1) is 10.4. The molecule has 0 saturated heterocycles. The molecule has 0 aliphatic heterocycles. The monoisotopic (exact) mass is 291 g/mol. The van der Waals surface area contributed by atoms with E-state index < -0.39 is 0 Å². The van der Waals surface area contributed by atoms with Gasteiger partial charge >= 0.3 is 0 Å². The maximum atomic E-state index is 4.10. The molecular weight excluding hydrogens is 266 g/mol. The molecule has 0 bridgehead atoms. The van der Waals surface area contributed by atoms with Crippen LogP contribution in [0.25, 0.3) is 0 Å². The van der Waals surface area contributed by atoms with Gasteiger partial charge < -0.3 is 4.90 Å². The molecule has 0 N–H and O–H groups in total. The summed E-state index contributed by atoms with van der Waals surface area (Å²) in [5.74, 6) is 0. The average Bonchev–Trinajstić information content (AvgIpc) is 2.51. The number of hydrogen-bond donors (Lipinski definition) is 0. The first-order valence-corrected chi connectivity index (χ1v) is 7.33. The Morgan fingerprint density at radius 2 is 1.68 bits per heavy atom. The molecule has 0 saturated carbocycles. The van der Waals surface area contributed by atoms with Crippen molar-refractivity contribution in [2.24, 2.45) is 0 Å². The molecule has 0 aliphatic carbocycles. The van der Waals surface area contributed by atoms with Crippen LogP contribution in [0.4, 0.5) is 5.69 Å². The van der Waals surface area contributed by atoms with E-state index in [9.17, 15) is 0 Å². The topological polar surface area (TPSA) is 3.24 Å². The van der Waals surface area contributed by atoms with Gasteiger partial charge in [-0.05, 0) is 56.2 Å². The fourth-order valence-electron chi connectivity index (χ4n) is 1.68. The zero-order valence-corrected chi connectivity index (χ0v) is 14.1. The van der Waals surface area contributed by atoms with Crippen molar-refractivity contribution in [3.63, 3.8) is 0 Å². The van der Waals surface area contributed by atoms with Crippen LogP contribution in [0.1, 0.15) is 20.8 Å². The highest BCUT2D eigenvalue weighted by Crippen LogP contribution is 2.17. The molecule has 1 rings (SSSR count). The third kappa shape index (κ3) is 5.87. The van der Waals surface area contributed by atoms with Crippen molar-refractivity contribution in [1.29, 1.82) is 0 Å². The minimum atomic E-state index is 0.911. The summed E-state index contributed by atoms with van der Waals surface area (Å²) in [5.41, 5.74) is 8.44. The van der Waals surface area contributed by atoms with E-state index in [4.69, 9.17) is 0 Å². The van der Waals surface area contributed by atoms with E-state index in [0.29, 0.717) is 0 Å². The lowest BCUT2D eigenvalue weighted by Crippen LogP contribution is -2.13. The number of likely N-dealkylation sites (N-methyl/N-ethyl adjacent to an activating group) is 1. The van der Waals surface area contributed by atoms with Gasteiger partial charge in [0, 0.05) is 18.4 Å². The average molecular weight is 291 g/mol. The minimum absolute atomic E-state index is 0.911. The summed E-state index contributed by atoms with van der Waals surface area (Å²) in [7, 11) is 2.00. The van der Waals surface area contributed by atoms with Gasteiger partial charge in [0.1, 0.15) is 0 Å². The third-order valence-corrected chi connectivity index (χ3v) is 3.25. The van der Waals surface area contributed by atoms with E-state index in [0.717, 1.165) is 22.5 Å².